The quantitative estimate of drug-likeness (QED) is 0.0418. The highest BCUT2D eigenvalue weighted by atomic mass is 28.4. The molecule has 0 aromatic heterocycles. The van der Waals surface area contributed by atoms with Gasteiger partial charge in [0.25, 0.3) is 8.32 Å². The molecule has 0 fully saturated rings. The summed E-state index contributed by atoms with van der Waals surface area (Å²) in [6.45, 7) is 27.7. The molecule has 0 radical (unpaired) electrons. The number of carbonyl (C=O) groups excluding carboxylic acids is 1. The lowest BCUT2D eigenvalue weighted by Gasteiger charge is -2.43. The summed E-state index contributed by atoms with van der Waals surface area (Å²) in [6, 6.07) is 21.7. The van der Waals surface area contributed by atoms with Gasteiger partial charge in [0.2, 0.25) is 0 Å². The van der Waals surface area contributed by atoms with E-state index in [1.54, 1.807) is 7.11 Å². The third-order valence-corrected chi connectivity index (χ3v) is 19.6. The van der Waals surface area contributed by atoms with Crippen LogP contribution in [0, 0.1) is 11.3 Å². The number of hydrogen-bond acceptors (Lipinski definition) is 6. The summed E-state index contributed by atoms with van der Waals surface area (Å²) < 4.78 is 31.2. The Labute approximate surface area is 314 Å². The second-order valence-corrected chi connectivity index (χ2v) is 26.9. The number of benzene rings is 2. The zero-order valence-electron chi connectivity index (χ0n) is 34.5. The van der Waals surface area contributed by atoms with Crippen LogP contribution in [0.15, 0.2) is 72.8 Å². The number of methoxy groups -OCH3 is 1. The van der Waals surface area contributed by atoms with E-state index < -0.39 is 22.0 Å². The maximum Gasteiger partial charge on any atom is 0.311 e. The highest BCUT2D eigenvalue weighted by Crippen LogP contribution is 2.39. The molecule has 0 saturated carbocycles. The molecule has 288 valence electrons. The van der Waals surface area contributed by atoms with Gasteiger partial charge in [-0.15, -0.1) is 0 Å². The summed E-state index contributed by atoms with van der Waals surface area (Å²) in [7, 11) is -2.88. The van der Waals surface area contributed by atoms with Gasteiger partial charge in [-0.25, -0.2) is 0 Å². The van der Waals surface area contributed by atoms with Crippen molar-refractivity contribution < 1.29 is 27.9 Å². The van der Waals surface area contributed by atoms with Crippen LogP contribution in [-0.2, 0) is 27.9 Å². The zero-order valence-corrected chi connectivity index (χ0v) is 36.5. The average Bonchev–Trinajstić information content (AvgIpc) is 3.04. The molecule has 2 aromatic carbocycles. The predicted octanol–water partition coefficient (Wildman–Crippen LogP) is 10.1. The van der Waals surface area contributed by atoms with Crippen molar-refractivity contribution in [3.63, 3.8) is 0 Å². The molecule has 0 N–H and O–H groups in total. The van der Waals surface area contributed by atoms with Crippen LogP contribution < -0.4 is 10.4 Å². The van der Waals surface area contributed by atoms with Gasteiger partial charge in [0.15, 0.2) is 8.32 Å². The molecule has 8 heteroatoms. The van der Waals surface area contributed by atoms with Crippen molar-refractivity contribution >= 4 is 33.0 Å². The van der Waals surface area contributed by atoms with Crippen LogP contribution in [0.25, 0.3) is 0 Å². The first kappa shape index (κ1) is 45.1. The summed E-state index contributed by atoms with van der Waals surface area (Å²) in [5.74, 6) is 0.144. The fourth-order valence-corrected chi connectivity index (χ4v) is 12.2. The van der Waals surface area contributed by atoms with Crippen LogP contribution in [0.2, 0.25) is 23.2 Å². The summed E-state index contributed by atoms with van der Waals surface area (Å²) in [6.07, 6.45) is 9.87. The van der Waals surface area contributed by atoms with Crippen LogP contribution in [0.1, 0.15) is 108 Å². The molecule has 0 unspecified atom stereocenters. The summed E-state index contributed by atoms with van der Waals surface area (Å²) >= 11 is 0. The van der Waals surface area contributed by atoms with E-state index in [9.17, 15) is 4.79 Å². The van der Waals surface area contributed by atoms with Crippen LogP contribution >= 0.6 is 0 Å². The standard InChI is InChI=1S/C43H72O6Si2/c1-35(33-48-51(43(8,9)10,38-27-19-15-20-28-38)39-29-21-16-22-30-39)32-37(47-34-45-11)25-18-14-17-24-36(49-50(12,13)42(5,6)7)26-23-31-46-40(44)41(2,3)4/h14-17,19-22,27-30,35-37H,18,23-26,31-34H2,1-13H3/b17-14+/t35-,36+,37-/m1/s1. The molecule has 0 amide bonds. The Hall–Kier alpha value is -2.08. The molecule has 0 aliphatic carbocycles. The monoisotopic (exact) mass is 740 g/mol. The van der Waals surface area contributed by atoms with E-state index in [0.717, 1.165) is 38.5 Å². The molecule has 2 aromatic rings. The van der Waals surface area contributed by atoms with Gasteiger partial charge in [0, 0.05) is 19.8 Å². The van der Waals surface area contributed by atoms with E-state index in [1.807, 2.05) is 20.8 Å². The van der Waals surface area contributed by atoms with E-state index in [4.69, 9.17) is 23.1 Å². The van der Waals surface area contributed by atoms with Gasteiger partial charge in [-0.2, -0.15) is 0 Å². The van der Waals surface area contributed by atoms with E-state index in [1.165, 1.54) is 10.4 Å². The number of allylic oxidation sites excluding steroid dienone is 1. The van der Waals surface area contributed by atoms with Crippen molar-refractivity contribution in [2.24, 2.45) is 11.3 Å². The Morgan fingerprint density at radius 1 is 0.784 bits per heavy atom. The topological polar surface area (TPSA) is 63.2 Å². The lowest BCUT2D eigenvalue weighted by molar-refractivity contribution is -0.153. The molecule has 2 rings (SSSR count). The first-order chi connectivity index (χ1) is 23.7. The fraction of sp³-hybridized carbons (Fsp3) is 0.651. The van der Waals surface area contributed by atoms with Crippen LogP contribution in [0.5, 0.6) is 0 Å². The Morgan fingerprint density at radius 3 is 1.84 bits per heavy atom. The van der Waals surface area contributed by atoms with Gasteiger partial charge in [-0.05, 0) is 98.8 Å². The average molecular weight is 741 g/mol. The molecule has 0 saturated heterocycles. The van der Waals surface area contributed by atoms with E-state index in [-0.39, 0.29) is 35.0 Å². The highest BCUT2D eigenvalue weighted by Gasteiger charge is 2.50. The minimum atomic E-state index is -2.60. The van der Waals surface area contributed by atoms with Gasteiger partial charge in [-0.3, -0.25) is 4.79 Å². The van der Waals surface area contributed by atoms with E-state index in [0.29, 0.717) is 19.1 Å². The SMILES string of the molecule is COCO[C@H](CC/C=C/C[C@@H](CCCOC(=O)C(C)(C)C)O[Si](C)(C)C(C)(C)C)C[C@@H](C)CO[Si](c1ccccc1)(c1ccccc1)C(C)(C)C. The van der Waals surface area contributed by atoms with Gasteiger partial charge < -0.3 is 23.1 Å². The summed E-state index contributed by atoms with van der Waals surface area (Å²) in [5.41, 5.74) is -0.488. The first-order valence-electron chi connectivity index (χ1n) is 19.1. The number of esters is 1. The summed E-state index contributed by atoms with van der Waals surface area (Å²) in [5, 5.41) is 2.66. The Balaban J connectivity index is 2.08. The minimum Gasteiger partial charge on any atom is -0.465 e. The van der Waals surface area contributed by atoms with Gasteiger partial charge in [0.05, 0.1) is 18.1 Å². The maximum absolute atomic E-state index is 12.3. The first-order valence-corrected chi connectivity index (χ1v) is 23.9. The Kier molecular flexibility index (Phi) is 18.0. The highest BCUT2D eigenvalue weighted by molar-refractivity contribution is 6.99. The lowest BCUT2D eigenvalue weighted by Crippen LogP contribution is -2.66. The molecule has 0 aliphatic rings. The molecule has 0 aliphatic heterocycles. The fourth-order valence-electron chi connectivity index (χ4n) is 6.14. The molecule has 0 spiro atoms. The third kappa shape index (κ3) is 14.4. The normalized spacial score (nSPS) is 15.2. The van der Waals surface area contributed by atoms with Crippen molar-refractivity contribution in [3.8, 4) is 0 Å². The number of ether oxygens (including phenoxy) is 3. The van der Waals surface area contributed by atoms with Crippen LogP contribution in [0.4, 0.5) is 0 Å². The molecular weight excluding hydrogens is 669 g/mol. The van der Waals surface area contributed by atoms with Crippen molar-refractivity contribution in [3.05, 3.63) is 72.8 Å². The van der Waals surface area contributed by atoms with Crippen molar-refractivity contribution in [1.29, 1.82) is 0 Å². The molecule has 3 atom stereocenters. The second kappa shape index (κ2) is 20.4. The van der Waals surface area contributed by atoms with Crippen molar-refractivity contribution in [2.75, 3.05) is 27.1 Å². The number of rotatable bonds is 21. The van der Waals surface area contributed by atoms with Crippen LogP contribution in [-0.4, -0.2) is 61.9 Å². The predicted molar refractivity (Wildman–Crippen MR) is 219 cm³/mol. The maximum atomic E-state index is 12.3. The van der Waals surface area contributed by atoms with Crippen molar-refractivity contribution in [1.82, 2.24) is 0 Å². The summed E-state index contributed by atoms with van der Waals surface area (Å²) in [4.78, 5) is 12.3. The molecule has 0 bridgehead atoms. The molecule has 0 heterocycles. The second-order valence-electron chi connectivity index (χ2n) is 17.8. The van der Waals surface area contributed by atoms with Crippen molar-refractivity contribution in [2.45, 2.75) is 143 Å². The van der Waals surface area contributed by atoms with Gasteiger partial charge >= 0.3 is 5.97 Å². The Morgan fingerprint density at radius 2 is 1.35 bits per heavy atom. The molecular formula is C43H72O6Si2. The number of hydrogen-bond donors (Lipinski definition) is 0. The smallest absolute Gasteiger partial charge is 0.311 e. The van der Waals surface area contributed by atoms with E-state index in [2.05, 4.69) is 134 Å². The lowest BCUT2D eigenvalue weighted by atomic mass is 9.97. The van der Waals surface area contributed by atoms with Gasteiger partial charge in [0.1, 0.15) is 6.79 Å². The zero-order chi connectivity index (χ0) is 38.3. The Bertz CT molecular complexity index is 1250. The van der Waals surface area contributed by atoms with E-state index >= 15 is 0 Å². The minimum absolute atomic E-state index is 0.0594. The molecule has 51 heavy (non-hydrogen) atoms. The van der Waals surface area contributed by atoms with Crippen LogP contribution in [0.3, 0.4) is 0 Å². The third-order valence-electron chi connectivity index (χ3n) is 10.1. The number of carbonyl (C=O) groups is 1. The largest absolute Gasteiger partial charge is 0.465 e. The molecule has 6 nitrogen and oxygen atoms in total. The van der Waals surface area contributed by atoms with Gasteiger partial charge in [-0.1, -0.05) is 121 Å².